The topological polar surface area (TPSA) is 57.7 Å². The standard InChI is InChI=1S/C12H13N3O2S/c16-11-10(8-9-2-1-3-13-9)18-12(14-11)15-4-6-17-7-5-15/h1-3,8,13H,4-7H2/b10-8-. The molecule has 18 heavy (non-hydrogen) atoms. The van der Waals surface area contributed by atoms with Crippen molar-refractivity contribution in [1.29, 1.82) is 0 Å². The van der Waals surface area contributed by atoms with Crippen molar-refractivity contribution in [2.24, 2.45) is 4.99 Å². The molecule has 6 heteroatoms. The Morgan fingerprint density at radius 1 is 1.44 bits per heavy atom. The number of nitrogens with zero attached hydrogens (tertiary/aromatic N) is 2. The van der Waals surface area contributed by atoms with Gasteiger partial charge in [0.2, 0.25) is 0 Å². The number of carbonyl (C=O) groups is 1. The van der Waals surface area contributed by atoms with Crippen molar-refractivity contribution in [1.82, 2.24) is 9.88 Å². The molecule has 2 aliphatic heterocycles. The van der Waals surface area contributed by atoms with Crippen LogP contribution in [0.3, 0.4) is 0 Å². The highest BCUT2D eigenvalue weighted by Gasteiger charge is 2.27. The number of carbonyl (C=O) groups excluding carboxylic acids is 1. The highest BCUT2D eigenvalue weighted by molar-refractivity contribution is 8.18. The van der Waals surface area contributed by atoms with Gasteiger partial charge in [0.1, 0.15) is 0 Å². The van der Waals surface area contributed by atoms with Crippen LogP contribution in [0.5, 0.6) is 0 Å². The molecule has 1 saturated heterocycles. The molecular formula is C12H13N3O2S. The van der Waals surface area contributed by atoms with Crippen molar-refractivity contribution in [2.45, 2.75) is 0 Å². The molecular weight excluding hydrogens is 250 g/mol. The van der Waals surface area contributed by atoms with Crippen LogP contribution in [0.1, 0.15) is 5.69 Å². The number of H-pyrrole nitrogens is 1. The summed E-state index contributed by atoms with van der Waals surface area (Å²) in [5.74, 6) is -0.156. The molecule has 3 rings (SSSR count). The summed E-state index contributed by atoms with van der Waals surface area (Å²) in [4.78, 5) is 21.7. The van der Waals surface area contributed by atoms with E-state index in [-0.39, 0.29) is 5.91 Å². The fourth-order valence-corrected chi connectivity index (χ4v) is 2.82. The molecule has 0 unspecified atom stereocenters. The second-order valence-electron chi connectivity index (χ2n) is 4.04. The van der Waals surface area contributed by atoms with E-state index < -0.39 is 0 Å². The summed E-state index contributed by atoms with van der Waals surface area (Å²) < 4.78 is 5.29. The average Bonchev–Trinajstić information content (AvgIpc) is 3.02. The van der Waals surface area contributed by atoms with Gasteiger partial charge in [-0.3, -0.25) is 4.79 Å². The van der Waals surface area contributed by atoms with Gasteiger partial charge in [0.25, 0.3) is 5.91 Å². The normalized spacial score (nSPS) is 22.7. The van der Waals surface area contributed by atoms with E-state index in [2.05, 4.69) is 14.9 Å². The fraction of sp³-hybridized carbons (Fsp3) is 0.333. The summed E-state index contributed by atoms with van der Waals surface area (Å²) in [5, 5.41) is 0.793. The van der Waals surface area contributed by atoms with Gasteiger partial charge in [0.05, 0.1) is 18.1 Å². The van der Waals surface area contributed by atoms with Crippen molar-refractivity contribution in [3.63, 3.8) is 0 Å². The second-order valence-corrected chi connectivity index (χ2v) is 5.04. The van der Waals surface area contributed by atoms with E-state index in [1.165, 1.54) is 11.8 Å². The van der Waals surface area contributed by atoms with Crippen LogP contribution < -0.4 is 0 Å². The SMILES string of the molecule is O=C1N=C(N2CCOCC2)S/C1=C\c1ccc[nH]1. The zero-order valence-electron chi connectivity index (χ0n) is 9.76. The Bertz CT molecular complexity index is 501. The minimum absolute atomic E-state index is 0.156. The Labute approximate surface area is 109 Å². The molecule has 1 fully saturated rings. The minimum Gasteiger partial charge on any atom is -0.378 e. The zero-order chi connectivity index (χ0) is 12.4. The number of aromatic nitrogens is 1. The lowest BCUT2D eigenvalue weighted by Crippen LogP contribution is -2.38. The number of amidine groups is 1. The molecule has 5 nitrogen and oxygen atoms in total. The first-order valence-electron chi connectivity index (χ1n) is 5.81. The van der Waals surface area contributed by atoms with Crippen LogP contribution in [0.25, 0.3) is 6.08 Å². The van der Waals surface area contributed by atoms with Gasteiger partial charge >= 0.3 is 0 Å². The van der Waals surface area contributed by atoms with Gasteiger partial charge in [-0.2, -0.15) is 4.99 Å². The molecule has 0 radical (unpaired) electrons. The largest absolute Gasteiger partial charge is 0.378 e. The van der Waals surface area contributed by atoms with Crippen LogP contribution in [0.4, 0.5) is 0 Å². The number of nitrogens with one attached hydrogen (secondary N) is 1. The number of rotatable bonds is 1. The van der Waals surface area contributed by atoms with Crippen LogP contribution >= 0.6 is 11.8 Å². The van der Waals surface area contributed by atoms with Gasteiger partial charge in [-0.15, -0.1) is 0 Å². The lowest BCUT2D eigenvalue weighted by molar-refractivity contribution is -0.113. The molecule has 1 amide bonds. The van der Waals surface area contributed by atoms with Crippen molar-refractivity contribution < 1.29 is 9.53 Å². The summed E-state index contributed by atoms with van der Waals surface area (Å²) in [6, 6.07) is 3.83. The first-order chi connectivity index (χ1) is 8.83. The molecule has 0 aromatic carbocycles. The molecule has 0 atom stereocenters. The number of aliphatic imine (C=N–C) groups is 1. The average molecular weight is 263 g/mol. The fourth-order valence-electron chi connectivity index (χ4n) is 1.86. The molecule has 94 valence electrons. The maximum Gasteiger partial charge on any atom is 0.286 e. The first-order valence-corrected chi connectivity index (χ1v) is 6.63. The maximum atomic E-state index is 11.8. The Kier molecular flexibility index (Phi) is 3.21. The van der Waals surface area contributed by atoms with Crippen LogP contribution in [-0.4, -0.2) is 47.3 Å². The van der Waals surface area contributed by atoms with E-state index in [1.807, 2.05) is 24.4 Å². The third-order valence-electron chi connectivity index (χ3n) is 2.80. The highest BCUT2D eigenvalue weighted by Crippen LogP contribution is 2.30. The zero-order valence-corrected chi connectivity index (χ0v) is 10.6. The van der Waals surface area contributed by atoms with E-state index in [9.17, 15) is 4.79 Å². The highest BCUT2D eigenvalue weighted by atomic mass is 32.2. The molecule has 0 bridgehead atoms. The summed E-state index contributed by atoms with van der Waals surface area (Å²) >= 11 is 1.44. The summed E-state index contributed by atoms with van der Waals surface area (Å²) in [5.41, 5.74) is 0.921. The Morgan fingerprint density at radius 3 is 3.00 bits per heavy atom. The Balaban J connectivity index is 1.74. The molecule has 1 aromatic heterocycles. The quantitative estimate of drug-likeness (QED) is 0.776. The molecule has 1 N–H and O–H groups in total. The minimum atomic E-state index is -0.156. The van der Waals surface area contributed by atoms with Gasteiger partial charge < -0.3 is 14.6 Å². The second kappa shape index (κ2) is 4.99. The number of thioether (sulfide) groups is 1. The summed E-state index contributed by atoms with van der Waals surface area (Å²) in [6.45, 7) is 3.00. The smallest absolute Gasteiger partial charge is 0.286 e. The summed E-state index contributed by atoms with van der Waals surface area (Å²) in [6.07, 6.45) is 3.67. The number of hydrogen-bond donors (Lipinski definition) is 1. The van der Waals surface area contributed by atoms with Crippen molar-refractivity contribution >= 4 is 28.9 Å². The van der Waals surface area contributed by atoms with Crippen LogP contribution in [-0.2, 0) is 9.53 Å². The molecule has 0 aliphatic carbocycles. The van der Waals surface area contributed by atoms with Crippen LogP contribution in [0.15, 0.2) is 28.2 Å². The lowest BCUT2D eigenvalue weighted by Gasteiger charge is -2.27. The molecule has 3 heterocycles. The van der Waals surface area contributed by atoms with E-state index in [0.29, 0.717) is 18.1 Å². The van der Waals surface area contributed by atoms with E-state index >= 15 is 0 Å². The van der Waals surface area contributed by atoms with Gasteiger partial charge in [0, 0.05) is 25.0 Å². The molecule has 2 aliphatic rings. The predicted octanol–water partition coefficient (Wildman–Crippen LogP) is 1.32. The van der Waals surface area contributed by atoms with Gasteiger partial charge in [-0.1, -0.05) is 0 Å². The Morgan fingerprint density at radius 2 is 2.28 bits per heavy atom. The lowest BCUT2D eigenvalue weighted by atomic mass is 10.4. The maximum absolute atomic E-state index is 11.8. The van der Waals surface area contributed by atoms with E-state index in [1.54, 1.807) is 0 Å². The van der Waals surface area contributed by atoms with Crippen molar-refractivity contribution in [2.75, 3.05) is 26.3 Å². The Hall–Kier alpha value is -1.53. The number of aromatic amines is 1. The third kappa shape index (κ3) is 2.34. The van der Waals surface area contributed by atoms with Gasteiger partial charge in [-0.05, 0) is 30.0 Å². The van der Waals surface area contributed by atoms with Crippen molar-refractivity contribution in [3.8, 4) is 0 Å². The molecule has 0 saturated carbocycles. The predicted molar refractivity (Wildman–Crippen MR) is 71.2 cm³/mol. The number of morpholine rings is 1. The summed E-state index contributed by atoms with van der Waals surface area (Å²) in [7, 11) is 0. The number of ether oxygens (including phenoxy) is 1. The third-order valence-corrected chi connectivity index (χ3v) is 3.84. The monoisotopic (exact) mass is 263 g/mol. The van der Waals surface area contributed by atoms with Gasteiger partial charge in [-0.25, -0.2) is 0 Å². The molecule has 0 spiro atoms. The van der Waals surface area contributed by atoms with E-state index in [0.717, 1.165) is 24.0 Å². The molecule has 1 aromatic rings. The first kappa shape index (κ1) is 11.6. The van der Waals surface area contributed by atoms with E-state index in [4.69, 9.17) is 4.74 Å². The van der Waals surface area contributed by atoms with Gasteiger partial charge in [0.15, 0.2) is 5.17 Å². The number of amides is 1. The van der Waals surface area contributed by atoms with Crippen LogP contribution in [0.2, 0.25) is 0 Å². The number of hydrogen-bond acceptors (Lipinski definition) is 4. The van der Waals surface area contributed by atoms with Crippen molar-refractivity contribution in [3.05, 3.63) is 28.9 Å². The van der Waals surface area contributed by atoms with Crippen LogP contribution in [0, 0.1) is 0 Å².